The molecular weight excluding hydrogens is 382 g/mol. The van der Waals surface area contributed by atoms with Crippen LogP contribution in [0.15, 0.2) is 76.7 Å². The monoisotopic (exact) mass is 407 g/mol. The topological polar surface area (TPSA) is 64.0 Å². The zero-order valence-electron chi connectivity index (χ0n) is 16.7. The van der Waals surface area contributed by atoms with Gasteiger partial charge in [-0.15, -0.1) is 0 Å². The molecule has 0 radical (unpaired) electrons. The Hall–Kier alpha value is -2.86. The van der Waals surface area contributed by atoms with Gasteiger partial charge in [-0.1, -0.05) is 72.4 Å². The number of aryl methyl sites for hydroxylation is 2. The van der Waals surface area contributed by atoms with E-state index in [4.69, 9.17) is 0 Å². The first-order valence-corrected chi connectivity index (χ1v) is 10.6. The van der Waals surface area contributed by atoms with Crippen molar-refractivity contribution in [2.75, 3.05) is 5.75 Å². The number of aromatic nitrogens is 2. The van der Waals surface area contributed by atoms with Crippen LogP contribution in [0.5, 0.6) is 0 Å². The molecule has 2 aromatic carbocycles. The molecule has 0 aliphatic rings. The van der Waals surface area contributed by atoms with Crippen LogP contribution < -0.4 is 10.9 Å². The Kier molecular flexibility index (Phi) is 7.25. The van der Waals surface area contributed by atoms with Crippen LogP contribution >= 0.6 is 11.8 Å². The SMILES string of the molecule is Cc1cc(=O)n(CC(=O)N[C@@H](C)c2ccccc2)c(SCCc2ccccc2)n1. The Labute approximate surface area is 175 Å². The van der Waals surface area contributed by atoms with Crippen molar-refractivity contribution in [2.24, 2.45) is 0 Å². The molecule has 3 aromatic rings. The van der Waals surface area contributed by atoms with E-state index in [-0.39, 0.29) is 24.1 Å². The molecule has 1 heterocycles. The molecule has 1 N–H and O–H groups in total. The van der Waals surface area contributed by atoms with Gasteiger partial charge in [0.15, 0.2) is 5.16 Å². The minimum atomic E-state index is -0.209. The average molecular weight is 408 g/mol. The smallest absolute Gasteiger partial charge is 0.254 e. The maximum absolute atomic E-state index is 12.6. The molecule has 0 aliphatic heterocycles. The highest BCUT2D eigenvalue weighted by Gasteiger charge is 2.14. The van der Waals surface area contributed by atoms with E-state index in [9.17, 15) is 9.59 Å². The molecular formula is C23H25N3O2S. The van der Waals surface area contributed by atoms with Crippen molar-refractivity contribution in [3.05, 3.63) is 93.9 Å². The second-order valence-electron chi connectivity index (χ2n) is 6.89. The Morgan fingerprint density at radius 3 is 2.45 bits per heavy atom. The van der Waals surface area contributed by atoms with Crippen molar-refractivity contribution in [1.29, 1.82) is 0 Å². The fourth-order valence-electron chi connectivity index (χ4n) is 3.01. The quantitative estimate of drug-likeness (QED) is 0.456. The van der Waals surface area contributed by atoms with Crippen molar-refractivity contribution in [3.8, 4) is 0 Å². The van der Waals surface area contributed by atoms with E-state index >= 15 is 0 Å². The predicted octanol–water partition coefficient (Wildman–Crippen LogP) is 3.76. The van der Waals surface area contributed by atoms with Gasteiger partial charge in [-0.05, 0) is 31.4 Å². The second-order valence-corrected chi connectivity index (χ2v) is 7.95. The molecule has 150 valence electrons. The average Bonchev–Trinajstić information content (AvgIpc) is 2.72. The van der Waals surface area contributed by atoms with Gasteiger partial charge in [0.05, 0.1) is 6.04 Å². The minimum Gasteiger partial charge on any atom is -0.348 e. The summed E-state index contributed by atoms with van der Waals surface area (Å²) >= 11 is 1.50. The molecule has 1 atom stereocenters. The van der Waals surface area contributed by atoms with Gasteiger partial charge in [0.2, 0.25) is 5.91 Å². The lowest BCUT2D eigenvalue weighted by molar-refractivity contribution is -0.122. The fraction of sp³-hybridized carbons (Fsp3) is 0.261. The van der Waals surface area contributed by atoms with Crippen molar-refractivity contribution in [2.45, 2.75) is 38.0 Å². The molecule has 0 saturated carbocycles. The van der Waals surface area contributed by atoms with Crippen molar-refractivity contribution in [3.63, 3.8) is 0 Å². The van der Waals surface area contributed by atoms with Gasteiger partial charge in [0, 0.05) is 17.5 Å². The number of hydrogen-bond acceptors (Lipinski definition) is 4. The Balaban J connectivity index is 1.67. The van der Waals surface area contributed by atoms with E-state index in [0.717, 1.165) is 17.7 Å². The first-order chi connectivity index (χ1) is 14.0. The number of amides is 1. The summed E-state index contributed by atoms with van der Waals surface area (Å²) in [4.78, 5) is 29.6. The zero-order chi connectivity index (χ0) is 20.6. The molecule has 29 heavy (non-hydrogen) atoms. The molecule has 3 rings (SSSR count). The Bertz CT molecular complexity index is 1000. The zero-order valence-corrected chi connectivity index (χ0v) is 17.5. The van der Waals surface area contributed by atoms with E-state index in [0.29, 0.717) is 10.9 Å². The lowest BCUT2D eigenvalue weighted by atomic mass is 10.1. The minimum absolute atomic E-state index is 0.0447. The summed E-state index contributed by atoms with van der Waals surface area (Å²) in [7, 11) is 0. The number of rotatable bonds is 8. The van der Waals surface area contributed by atoms with Gasteiger partial charge in [-0.2, -0.15) is 0 Å². The van der Waals surface area contributed by atoms with Crippen LogP contribution in [0.25, 0.3) is 0 Å². The molecule has 6 heteroatoms. The van der Waals surface area contributed by atoms with Crippen molar-refractivity contribution in [1.82, 2.24) is 14.9 Å². The maximum Gasteiger partial charge on any atom is 0.254 e. The number of carbonyl (C=O) groups is 1. The summed E-state index contributed by atoms with van der Waals surface area (Å²) in [6.07, 6.45) is 0.868. The lowest BCUT2D eigenvalue weighted by Crippen LogP contribution is -2.34. The van der Waals surface area contributed by atoms with Crippen LogP contribution in [0.4, 0.5) is 0 Å². The van der Waals surface area contributed by atoms with E-state index in [2.05, 4.69) is 22.4 Å². The van der Waals surface area contributed by atoms with Crippen LogP contribution in [0.2, 0.25) is 0 Å². The fourth-order valence-corrected chi connectivity index (χ4v) is 4.05. The normalized spacial score (nSPS) is 11.8. The predicted molar refractivity (Wildman–Crippen MR) is 117 cm³/mol. The first kappa shape index (κ1) is 20.9. The largest absolute Gasteiger partial charge is 0.348 e. The van der Waals surface area contributed by atoms with Crippen LogP contribution in [-0.2, 0) is 17.8 Å². The Morgan fingerprint density at radius 2 is 1.76 bits per heavy atom. The lowest BCUT2D eigenvalue weighted by Gasteiger charge is -2.16. The highest BCUT2D eigenvalue weighted by atomic mass is 32.2. The maximum atomic E-state index is 12.6. The van der Waals surface area contributed by atoms with E-state index < -0.39 is 0 Å². The number of nitrogens with one attached hydrogen (secondary N) is 1. The van der Waals surface area contributed by atoms with Gasteiger partial charge in [-0.25, -0.2) is 4.98 Å². The molecule has 1 aromatic heterocycles. The molecule has 0 bridgehead atoms. The molecule has 0 aliphatic carbocycles. The van der Waals surface area contributed by atoms with E-state index in [1.807, 2.05) is 55.5 Å². The molecule has 0 unspecified atom stereocenters. The van der Waals surface area contributed by atoms with Crippen molar-refractivity contribution >= 4 is 17.7 Å². The highest BCUT2D eigenvalue weighted by Crippen LogP contribution is 2.17. The third-order valence-corrected chi connectivity index (χ3v) is 5.52. The molecule has 1 amide bonds. The number of nitrogens with zero attached hydrogens (tertiary/aromatic N) is 2. The summed E-state index contributed by atoms with van der Waals surface area (Å²) in [6.45, 7) is 3.68. The van der Waals surface area contributed by atoms with Gasteiger partial charge < -0.3 is 5.32 Å². The van der Waals surface area contributed by atoms with Gasteiger partial charge in [0.25, 0.3) is 5.56 Å². The summed E-state index contributed by atoms with van der Waals surface area (Å²) in [5.74, 6) is 0.570. The molecule has 0 fully saturated rings. The number of benzene rings is 2. The van der Waals surface area contributed by atoms with Crippen molar-refractivity contribution < 1.29 is 4.79 Å². The van der Waals surface area contributed by atoms with Crippen LogP contribution in [-0.4, -0.2) is 21.2 Å². The van der Waals surface area contributed by atoms with Crippen LogP contribution in [0.3, 0.4) is 0 Å². The third-order valence-electron chi connectivity index (χ3n) is 4.54. The van der Waals surface area contributed by atoms with Gasteiger partial charge in [0.1, 0.15) is 6.54 Å². The van der Waals surface area contributed by atoms with Gasteiger partial charge in [-0.3, -0.25) is 14.2 Å². The van der Waals surface area contributed by atoms with Crippen LogP contribution in [0, 0.1) is 6.92 Å². The molecule has 0 saturated heterocycles. The molecule has 5 nitrogen and oxygen atoms in total. The molecule has 0 spiro atoms. The number of thioether (sulfide) groups is 1. The first-order valence-electron chi connectivity index (χ1n) is 9.62. The van der Waals surface area contributed by atoms with E-state index in [1.165, 1.54) is 28.0 Å². The summed E-state index contributed by atoms with van der Waals surface area (Å²) in [5, 5.41) is 3.54. The highest BCUT2D eigenvalue weighted by molar-refractivity contribution is 7.99. The van der Waals surface area contributed by atoms with Gasteiger partial charge >= 0.3 is 0 Å². The second kappa shape index (κ2) is 10.1. The third kappa shape index (κ3) is 6.06. The summed E-state index contributed by atoms with van der Waals surface area (Å²) in [5.41, 5.74) is 2.71. The Morgan fingerprint density at radius 1 is 1.10 bits per heavy atom. The number of hydrogen-bond donors (Lipinski definition) is 1. The van der Waals surface area contributed by atoms with Crippen LogP contribution in [0.1, 0.15) is 29.8 Å². The standard InChI is InChI=1S/C23H25N3O2S/c1-17-15-22(28)26(16-21(27)25-18(2)20-11-7-4-8-12-20)23(24-17)29-14-13-19-9-5-3-6-10-19/h3-12,15,18H,13-14,16H2,1-2H3,(H,25,27)/t18-/m0/s1. The summed E-state index contributed by atoms with van der Waals surface area (Å²) < 4.78 is 1.45. The summed E-state index contributed by atoms with van der Waals surface area (Å²) in [6, 6.07) is 21.3. The number of carbonyl (C=O) groups excluding carboxylic acids is 1. The van der Waals surface area contributed by atoms with E-state index in [1.54, 1.807) is 6.92 Å².